The van der Waals surface area contributed by atoms with Crippen molar-refractivity contribution in [1.29, 1.82) is 0 Å². The van der Waals surface area contributed by atoms with Crippen molar-refractivity contribution in [2.24, 2.45) is 11.3 Å². The molecule has 3 heterocycles. The fourth-order valence-electron chi connectivity index (χ4n) is 4.54. The van der Waals surface area contributed by atoms with Crippen molar-refractivity contribution in [1.82, 2.24) is 15.3 Å². The molecule has 1 N–H and O–H groups in total. The van der Waals surface area contributed by atoms with E-state index in [4.69, 9.17) is 4.74 Å². The Morgan fingerprint density at radius 1 is 1.19 bits per heavy atom. The Morgan fingerprint density at radius 2 is 1.90 bits per heavy atom. The van der Waals surface area contributed by atoms with Crippen molar-refractivity contribution in [3.63, 3.8) is 0 Å². The summed E-state index contributed by atoms with van der Waals surface area (Å²) in [5.41, 5.74) is 0.467. The lowest BCUT2D eigenvalue weighted by Gasteiger charge is -2.56. The first-order chi connectivity index (χ1) is 14.9. The normalized spacial score (nSPS) is 21.7. The van der Waals surface area contributed by atoms with Crippen LogP contribution in [-0.2, 0) is 9.53 Å². The van der Waals surface area contributed by atoms with E-state index in [1.807, 2.05) is 0 Å². The fraction of sp³-hybridized carbons (Fsp3) is 0.524. The number of nitrogens with zero attached hydrogens (tertiary/aromatic N) is 3. The van der Waals surface area contributed by atoms with Crippen molar-refractivity contribution in [3.05, 3.63) is 34.6 Å². The number of hydrogen-bond acceptors (Lipinski definition) is 6. The molecule has 1 aliphatic heterocycles. The van der Waals surface area contributed by atoms with Gasteiger partial charge in [-0.2, -0.15) is 13.8 Å². The topological polar surface area (TPSA) is 84.4 Å². The molecule has 1 saturated heterocycles. The van der Waals surface area contributed by atoms with E-state index >= 15 is 0 Å². The van der Waals surface area contributed by atoms with Gasteiger partial charge in [-0.25, -0.2) is 4.98 Å². The molecule has 7 nitrogen and oxygen atoms in total. The third-order valence-corrected chi connectivity index (χ3v) is 7.69. The van der Waals surface area contributed by atoms with Gasteiger partial charge in [-0.1, -0.05) is 6.42 Å². The Morgan fingerprint density at radius 3 is 2.42 bits per heavy atom. The van der Waals surface area contributed by atoms with Crippen molar-refractivity contribution < 1.29 is 23.1 Å². The van der Waals surface area contributed by atoms with Crippen LogP contribution in [0.2, 0.25) is 0 Å². The first-order valence-electron chi connectivity index (χ1n) is 10.4. The molecule has 3 fully saturated rings. The molecule has 2 aromatic rings. The number of carbonyl (C=O) groups excluding carboxylic acids is 2. The molecule has 0 aromatic carbocycles. The smallest absolute Gasteiger partial charge is 0.271 e. The van der Waals surface area contributed by atoms with E-state index < -0.39 is 17.8 Å². The van der Waals surface area contributed by atoms with Crippen molar-refractivity contribution >= 4 is 34.0 Å². The minimum Gasteiger partial charge on any atom is -0.380 e. The molecule has 10 heteroatoms. The van der Waals surface area contributed by atoms with E-state index in [0.717, 1.165) is 54.1 Å². The molecular formula is C21H22F2N4O3S. The highest BCUT2D eigenvalue weighted by molar-refractivity contribution is 7.16. The van der Waals surface area contributed by atoms with Gasteiger partial charge in [0.2, 0.25) is 17.8 Å². The van der Waals surface area contributed by atoms with Crippen molar-refractivity contribution in [2.45, 2.75) is 45.1 Å². The molecule has 31 heavy (non-hydrogen) atoms. The van der Waals surface area contributed by atoms with Crippen LogP contribution < -0.4 is 10.2 Å². The number of aryl methyl sites for hydroxylation is 1. The van der Waals surface area contributed by atoms with Crippen molar-refractivity contribution in [2.75, 3.05) is 18.1 Å². The zero-order chi connectivity index (χ0) is 21.8. The minimum absolute atomic E-state index is 0.0185. The maximum absolute atomic E-state index is 13.8. The summed E-state index contributed by atoms with van der Waals surface area (Å²) in [6.07, 6.45) is 5.59. The second-order valence-electron chi connectivity index (χ2n) is 8.56. The Bertz CT molecular complexity index is 1030. The van der Waals surface area contributed by atoms with Crippen LogP contribution in [0.15, 0.2) is 12.1 Å². The number of anilines is 2. The van der Waals surface area contributed by atoms with Crippen LogP contribution in [0, 0.1) is 30.2 Å². The zero-order valence-corrected chi connectivity index (χ0v) is 17.8. The summed E-state index contributed by atoms with van der Waals surface area (Å²) in [6, 6.07) is 2.11. The van der Waals surface area contributed by atoms with Gasteiger partial charge in [0, 0.05) is 23.1 Å². The highest BCUT2D eigenvalue weighted by Gasteiger charge is 2.51. The highest BCUT2D eigenvalue weighted by atomic mass is 32.1. The zero-order valence-electron chi connectivity index (χ0n) is 17.0. The van der Waals surface area contributed by atoms with Crippen LogP contribution in [0.25, 0.3) is 0 Å². The fourth-order valence-corrected chi connectivity index (χ4v) is 5.47. The summed E-state index contributed by atoms with van der Waals surface area (Å²) in [6.45, 7) is 2.21. The highest BCUT2D eigenvalue weighted by Crippen LogP contribution is 2.55. The van der Waals surface area contributed by atoms with E-state index in [9.17, 15) is 18.4 Å². The largest absolute Gasteiger partial charge is 0.380 e. The standard InChI is InChI=1S/C21H22F2N4O3S/c1-11-17(18(28)24-14-3-6-21(14)4-2-5-21)26-20(31-11)27(19(29)12-9-30-10-12)13-7-15(22)25-16(23)8-13/h7-8,12,14H,2-6,9-10H2,1H3,(H,24,28)/t14-/m0/s1. The summed E-state index contributed by atoms with van der Waals surface area (Å²) in [5, 5.41) is 3.29. The third kappa shape index (κ3) is 3.51. The number of hydrogen-bond donors (Lipinski definition) is 1. The summed E-state index contributed by atoms with van der Waals surface area (Å²) in [7, 11) is 0. The summed E-state index contributed by atoms with van der Waals surface area (Å²) < 4.78 is 32.7. The van der Waals surface area contributed by atoms with Gasteiger partial charge in [-0.3, -0.25) is 14.5 Å². The molecule has 0 bridgehead atoms. The quantitative estimate of drug-likeness (QED) is 0.708. The summed E-state index contributed by atoms with van der Waals surface area (Å²) >= 11 is 1.14. The molecule has 0 radical (unpaired) electrons. The predicted octanol–water partition coefficient (Wildman–Crippen LogP) is 3.50. The Hall–Kier alpha value is -2.46. The van der Waals surface area contributed by atoms with Crippen LogP contribution in [0.5, 0.6) is 0 Å². The third-order valence-electron chi connectivity index (χ3n) is 6.73. The first kappa shape index (κ1) is 20.4. The SMILES string of the molecule is Cc1sc(N(C(=O)C2COC2)c2cc(F)nc(F)c2)nc1C(=O)N[C@H]1CCC12CCC2. The van der Waals surface area contributed by atoms with E-state index in [1.165, 1.54) is 6.42 Å². The number of pyridine rings is 1. The van der Waals surface area contributed by atoms with Gasteiger partial charge in [0.05, 0.1) is 24.8 Å². The van der Waals surface area contributed by atoms with Gasteiger partial charge in [-0.15, -0.1) is 11.3 Å². The first-order valence-corrected chi connectivity index (χ1v) is 11.2. The molecule has 2 aliphatic carbocycles. The molecule has 1 spiro atoms. The number of nitrogens with one attached hydrogen (secondary N) is 1. The van der Waals surface area contributed by atoms with Crippen LogP contribution in [0.3, 0.4) is 0 Å². The maximum Gasteiger partial charge on any atom is 0.271 e. The molecule has 3 aliphatic rings. The average molecular weight is 448 g/mol. The average Bonchev–Trinajstić information content (AvgIpc) is 2.96. The van der Waals surface area contributed by atoms with Crippen LogP contribution in [0.4, 0.5) is 19.6 Å². The van der Waals surface area contributed by atoms with E-state index in [2.05, 4.69) is 15.3 Å². The molecule has 0 unspecified atom stereocenters. The van der Waals surface area contributed by atoms with E-state index in [-0.39, 0.29) is 53.0 Å². The lowest BCUT2D eigenvalue weighted by molar-refractivity contribution is -0.135. The summed E-state index contributed by atoms with van der Waals surface area (Å²) in [5.74, 6) is -3.18. The number of carbonyl (C=O) groups is 2. The van der Waals surface area contributed by atoms with Gasteiger partial charge in [0.15, 0.2) is 5.13 Å². The Balaban J connectivity index is 1.44. The molecule has 5 rings (SSSR count). The van der Waals surface area contributed by atoms with Gasteiger partial charge >= 0.3 is 0 Å². The number of rotatable bonds is 5. The monoisotopic (exact) mass is 448 g/mol. The molecule has 2 saturated carbocycles. The lowest BCUT2D eigenvalue weighted by Crippen LogP contribution is -2.58. The van der Waals surface area contributed by atoms with E-state index in [0.29, 0.717) is 4.88 Å². The number of thiazole rings is 1. The minimum atomic E-state index is -1.04. The number of ether oxygens (including phenoxy) is 1. The van der Waals surface area contributed by atoms with Gasteiger partial charge in [0.25, 0.3) is 5.91 Å². The van der Waals surface area contributed by atoms with Gasteiger partial charge < -0.3 is 10.1 Å². The second kappa shape index (κ2) is 7.59. The molecule has 1 atom stereocenters. The molecule has 164 valence electrons. The van der Waals surface area contributed by atoms with Gasteiger partial charge in [-0.05, 0) is 38.0 Å². The maximum atomic E-state index is 13.8. The second-order valence-corrected chi connectivity index (χ2v) is 9.74. The van der Waals surface area contributed by atoms with Gasteiger partial charge in [0.1, 0.15) is 5.69 Å². The number of halogens is 2. The van der Waals surface area contributed by atoms with Crippen LogP contribution in [-0.4, -0.2) is 41.0 Å². The van der Waals surface area contributed by atoms with E-state index in [1.54, 1.807) is 6.92 Å². The van der Waals surface area contributed by atoms with Crippen molar-refractivity contribution in [3.8, 4) is 0 Å². The predicted molar refractivity (Wildman–Crippen MR) is 109 cm³/mol. The molecule has 2 amide bonds. The van der Waals surface area contributed by atoms with Crippen LogP contribution >= 0.6 is 11.3 Å². The Labute approximate surface area is 181 Å². The molecule has 2 aromatic heterocycles. The molecular weight excluding hydrogens is 426 g/mol. The van der Waals surface area contributed by atoms with Crippen LogP contribution in [0.1, 0.15) is 47.5 Å². The lowest BCUT2D eigenvalue weighted by atomic mass is 9.53. The Kier molecular flexibility index (Phi) is 5.01. The number of aromatic nitrogens is 2. The summed E-state index contributed by atoms with van der Waals surface area (Å²) in [4.78, 5) is 35.3. The number of amides is 2.